The van der Waals surface area contributed by atoms with Gasteiger partial charge in [0.05, 0.1) is 0 Å². The topological polar surface area (TPSA) is 49.3 Å². The van der Waals surface area contributed by atoms with Gasteiger partial charge in [0.1, 0.15) is 6.04 Å². The van der Waals surface area contributed by atoms with Crippen LogP contribution >= 0.6 is 0 Å². The largest absolute Gasteiger partial charge is 0.480 e. The molecule has 0 radical (unpaired) electrons. The highest BCUT2D eigenvalue weighted by atomic mass is 16.4. The van der Waals surface area contributed by atoms with Crippen molar-refractivity contribution in [2.75, 3.05) is 6.54 Å². The summed E-state index contributed by atoms with van der Waals surface area (Å²) in [5, 5.41) is 11.4. The van der Waals surface area contributed by atoms with Crippen LogP contribution in [0.1, 0.15) is 13.3 Å². The molecule has 0 aliphatic carbocycles. The molecule has 1 rings (SSSR count). The molecule has 52 valence electrons. The molecule has 0 bridgehead atoms. The molecular weight excluding hydrogens is 118 g/mol. The molecule has 2 N–H and O–H groups in total. The van der Waals surface area contributed by atoms with Gasteiger partial charge in [-0.1, -0.05) is 6.92 Å². The van der Waals surface area contributed by atoms with Crippen LogP contribution < -0.4 is 5.32 Å². The highest BCUT2D eigenvalue weighted by Gasteiger charge is 2.28. The van der Waals surface area contributed by atoms with Crippen molar-refractivity contribution in [2.45, 2.75) is 19.4 Å². The van der Waals surface area contributed by atoms with Crippen molar-refractivity contribution in [3.8, 4) is 0 Å². The minimum absolute atomic E-state index is 0.294. The summed E-state index contributed by atoms with van der Waals surface area (Å²) in [5.74, 6) is -0.428. The van der Waals surface area contributed by atoms with Gasteiger partial charge in [0.15, 0.2) is 0 Å². The van der Waals surface area contributed by atoms with E-state index in [0.29, 0.717) is 5.92 Å². The number of aliphatic carboxylic acids is 1. The molecule has 3 nitrogen and oxygen atoms in total. The fraction of sp³-hybridized carbons (Fsp3) is 0.833. The Morgan fingerprint density at radius 1 is 1.78 bits per heavy atom. The molecule has 0 aromatic heterocycles. The highest BCUT2D eigenvalue weighted by molar-refractivity contribution is 5.74. The second kappa shape index (κ2) is 2.35. The molecule has 3 heteroatoms. The minimum atomic E-state index is -0.722. The Bertz CT molecular complexity index is 124. The van der Waals surface area contributed by atoms with Crippen LogP contribution in [0.5, 0.6) is 0 Å². The van der Waals surface area contributed by atoms with E-state index in [-0.39, 0.29) is 6.04 Å². The summed E-state index contributed by atoms with van der Waals surface area (Å²) in [6.07, 6.45) is 0.983. The number of rotatable bonds is 1. The van der Waals surface area contributed by atoms with Crippen molar-refractivity contribution in [1.82, 2.24) is 5.32 Å². The number of nitrogens with one attached hydrogen (secondary N) is 1. The Balaban J connectivity index is 2.49. The number of carbonyl (C=O) groups is 1. The number of hydrogen-bond donors (Lipinski definition) is 2. The Kier molecular flexibility index (Phi) is 1.71. The summed E-state index contributed by atoms with van der Waals surface area (Å²) < 4.78 is 0. The Labute approximate surface area is 54.1 Å². The van der Waals surface area contributed by atoms with Crippen molar-refractivity contribution in [2.24, 2.45) is 5.92 Å². The van der Waals surface area contributed by atoms with E-state index in [2.05, 4.69) is 5.32 Å². The van der Waals surface area contributed by atoms with Gasteiger partial charge in [-0.25, -0.2) is 0 Å². The second-order valence-corrected chi connectivity index (χ2v) is 2.54. The van der Waals surface area contributed by atoms with Crippen molar-refractivity contribution in [3.05, 3.63) is 0 Å². The Hall–Kier alpha value is -0.570. The van der Waals surface area contributed by atoms with Gasteiger partial charge in [-0.2, -0.15) is 0 Å². The average molecular weight is 129 g/mol. The van der Waals surface area contributed by atoms with Crippen molar-refractivity contribution < 1.29 is 9.90 Å². The van der Waals surface area contributed by atoms with Crippen LogP contribution in [-0.4, -0.2) is 23.7 Å². The van der Waals surface area contributed by atoms with Crippen molar-refractivity contribution in [3.63, 3.8) is 0 Å². The van der Waals surface area contributed by atoms with Gasteiger partial charge in [-0.15, -0.1) is 0 Å². The van der Waals surface area contributed by atoms with E-state index >= 15 is 0 Å². The molecule has 9 heavy (non-hydrogen) atoms. The van der Waals surface area contributed by atoms with Gasteiger partial charge < -0.3 is 10.4 Å². The van der Waals surface area contributed by atoms with Crippen LogP contribution in [0.2, 0.25) is 0 Å². The monoisotopic (exact) mass is 129 g/mol. The SMILES string of the molecule is C[C@H]1CCN[C@H]1C(=O)O. The van der Waals surface area contributed by atoms with E-state index in [1.165, 1.54) is 0 Å². The predicted octanol–water partition coefficient (Wildman–Crippen LogP) is 0.0690. The van der Waals surface area contributed by atoms with E-state index < -0.39 is 5.97 Å². The molecule has 0 amide bonds. The first-order valence-corrected chi connectivity index (χ1v) is 3.18. The van der Waals surface area contributed by atoms with Gasteiger partial charge in [-0.05, 0) is 18.9 Å². The van der Waals surface area contributed by atoms with E-state index in [1.807, 2.05) is 6.92 Å². The van der Waals surface area contributed by atoms with Crippen LogP contribution in [0.4, 0.5) is 0 Å². The third kappa shape index (κ3) is 1.21. The molecule has 1 saturated heterocycles. The molecular formula is C6H11NO2. The van der Waals surface area contributed by atoms with Gasteiger partial charge in [0.25, 0.3) is 0 Å². The second-order valence-electron chi connectivity index (χ2n) is 2.54. The zero-order valence-corrected chi connectivity index (χ0v) is 5.42. The molecule has 1 aliphatic heterocycles. The zero-order chi connectivity index (χ0) is 6.85. The van der Waals surface area contributed by atoms with Crippen molar-refractivity contribution in [1.29, 1.82) is 0 Å². The average Bonchev–Trinajstić information content (AvgIpc) is 2.13. The lowest BCUT2D eigenvalue weighted by molar-refractivity contribution is -0.139. The summed E-state index contributed by atoms with van der Waals surface area (Å²) in [4.78, 5) is 10.3. The van der Waals surface area contributed by atoms with Crippen LogP contribution in [0, 0.1) is 5.92 Å². The summed E-state index contributed by atoms with van der Waals surface area (Å²) in [7, 11) is 0. The first kappa shape index (κ1) is 6.55. The molecule has 1 fully saturated rings. The maximum absolute atomic E-state index is 10.3. The fourth-order valence-corrected chi connectivity index (χ4v) is 1.17. The molecule has 0 aromatic carbocycles. The predicted molar refractivity (Wildman–Crippen MR) is 33.2 cm³/mol. The first-order chi connectivity index (χ1) is 4.22. The standard InChI is InChI=1S/C6H11NO2/c1-4-2-3-7-5(4)6(8)9/h4-5,7H,2-3H2,1H3,(H,8,9)/t4-,5+/m0/s1. The van der Waals surface area contributed by atoms with Gasteiger partial charge in [0.2, 0.25) is 0 Å². The molecule has 0 spiro atoms. The lowest BCUT2D eigenvalue weighted by Gasteiger charge is -2.07. The quantitative estimate of drug-likeness (QED) is 0.526. The molecule has 0 unspecified atom stereocenters. The van der Waals surface area contributed by atoms with Crippen LogP contribution in [0.25, 0.3) is 0 Å². The molecule has 1 heterocycles. The van der Waals surface area contributed by atoms with E-state index in [4.69, 9.17) is 5.11 Å². The minimum Gasteiger partial charge on any atom is -0.480 e. The number of hydrogen-bond acceptors (Lipinski definition) is 2. The molecule has 0 saturated carbocycles. The zero-order valence-electron chi connectivity index (χ0n) is 5.42. The molecule has 0 aromatic rings. The van der Waals surface area contributed by atoms with E-state index in [0.717, 1.165) is 13.0 Å². The summed E-state index contributed by atoms with van der Waals surface area (Å²) >= 11 is 0. The lowest BCUT2D eigenvalue weighted by Crippen LogP contribution is -2.34. The lowest BCUT2D eigenvalue weighted by atomic mass is 10.0. The number of carboxylic acids is 1. The normalized spacial score (nSPS) is 34.8. The Morgan fingerprint density at radius 2 is 2.44 bits per heavy atom. The van der Waals surface area contributed by atoms with Crippen LogP contribution in [0.15, 0.2) is 0 Å². The third-order valence-electron chi connectivity index (χ3n) is 1.80. The van der Waals surface area contributed by atoms with E-state index in [9.17, 15) is 4.79 Å². The molecule has 2 atom stereocenters. The smallest absolute Gasteiger partial charge is 0.320 e. The summed E-state index contributed by atoms with van der Waals surface area (Å²) in [6.45, 7) is 2.80. The fourth-order valence-electron chi connectivity index (χ4n) is 1.17. The van der Waals surface area contributed by atoms with Gasteiger partial charge in [0, 0.05) is 0 Å². The Morgan fingerprint density at radius 3 is 2.67 bits per heavy atom. The first-order valence-electron chi connectivity index (χ1n) is 3.18. The maximum Gasteiger partial charge on any atom is 0.320 e. The van der Waals surface area contributed by atoms with Crippen LogP contribution in [-0.2, 0) is 4.79 Å². The molecule has 1 aliphatic rings. The number of carboxylic acid groups (broad SMARTS) is 1. The maximum atomic E-state index is 10.3. The summed E-state index contributed by atoms with van der Waals surface area (Å²) in [5.41, 5.74) is 0. The third-order valence-corrected chi connectivity index (χ3v) is 1.80. The summed E-state index contributed by atoms with van der Waals surface area (Å²) in [6, 6.07) is -0.301. The van der Waals surface area contributed by atoms with Crippen LogP contribution in [0.3, 0.4) is 0 Å². The van der Waals surface area contributed by atoms with Gasteiger partial charge >= 0.3 is 5.97 Å². The van der Waals surface area contributed by atoms with Crippen molar-refractivity contribution >= 4 is 5.97 Å². The highest BCUT2D eigenvalue weighted by Crippen LogP contribution is 2.13. The van der Waals surface area contributed by atoms with Gasteiger partial charge in [-0.3, -0.25) is 4.79 Å². The van der Waals surface area contributed by atoms with E-state index in [1.54, 1.807) is 0 Å².